The van der Waals surface area contributed by atoms with E-state index in [4.69, 9.17) is 0 Å². The molecule has 0 N–H and O–H groups in total. The molecule has 5 nitrogen and oxygen atoms in total. The normalized spacial score (nSPS) is 11.4. The van der Waals surface area contributed by atoms with Gasteiger partial charge in [-0.2, -0.15) is 4.31 Å². The number of rotatable bonds is 6. The summed E-state index contributed by atoms with van der Waals surface area (Å²) in [4.78, 5) is 14.4. The van der Waals surface area contributed by atoms with Crippen molar-refractivity contribution in [1.82, 2.24) is 4.31 Å². The van der Waals surface area contributed by atoms with E-state index >= 15 is 0 Å². The van der Waals surface area contributed by atoms with Crippen LogP contribution in [0.1, 0.15) is 15.9 Å². The zero-order valence-electron chi connectivity index (χ0n) is 15.8. The fraction of sp³-hybridized carbons (Fsp3) is 0.136. The summed E-state index contributed by atoms with van der Waals surface area (Å²) in [5.74, 6) is -0.269. The van der Waals surface area contributed by atoms with Gasteiger partial charge in [0.1, 0.15) is 0 Å². The number of nitrogens with zero attached hydrogens (tertiary/aromatic N) is 2. The van der Waals surface area contributed by atoms with Gasteiger partial charge in [0.05, 0.1) is 4.90 Å². The fourth-order valence-electron chi connectivity index (χ4n) is 2.86. The monoisotopic (exact) mass is 394 g/mol. The molecule has 144 valence electrons. The number of benzene rings is 3. The number of hydrogen-bond acceptors (Lipinski definition) is 3. The highest BCUT2D eigenvalue weighted by Crippen LogP contribution is 2.20. The van der Waals surface area contributed by atoms with Gasteiger partial charge in [-0.1, -0.05) is 54.6 Å². The van der Waals surface area contributed by atoms with Crippen molar-refractivity contribution >= 4 is 21.6 Å². The zero-order chi connectivity index (χ0) is 20.1. The molecular formula is C22H22N2O3S. The third-order valence-corrected chi connectivity index (χ3v) is 6.28. The molecule has 0 saturated heterocycles. The smallest absolute Gasteiger partial charge is 0.258 e. The number of amides is 1. The molecule has 0 radical (unpaired) electrons. The van der Waals surface area contributed by atoms with Gasteiger partial charge in [0, 0.05) is 31.9 Å². The molecule has 6 heteroatoms. The van der Waals surface area contributed by atoms with E-state index in [-0.39, 0.29) is 17.3 Å². The predicted octanol–water partition coefficient (Wildman–Crippen LogP) is 3.78. The third-order valence-electron chi connectivity index (χ3n) is 4.49. The zero-order valence-corrected chi connectivity index (χ0v) is 16.6. The minimum Gasteiger partial charge on any atom is -0.311 e. The van der Waals surface area contributed by atoms with Crippen molar-refractivity contribution in [2.45, 2.75) is 11.4 Å². The molecule has 0 atom stereocenters. The Morgan fingerprint density at radius 2 is 1.43 bits per heavy atom. The van der Waals surface area contributed by atoms with Crippen LogP contribution in [-0.2, 0) is 16.6 Å². The second kappa shape index (κ2) is 8.37. The van der Waals surface area contributed by atoms with Crippen molar-refractivity contribution in [2.24, 2.45) is 0 Å². The minimum atomic E-state index is -3.72. The molecule has 3 aromatic carbocycles. The van der Waals surface area contributed by atoms with Gasteiger partial charge in [0.25, 0.3) is 5.91 Å². The summed E-state index contributed by atoms with van der Waals surface area (Å²) >= 11 is 0. The molecule has 0 aromatic heterocycles. The highest BCUT2D eigenvalue weighted by atomic mass is 32.2. The van der Waals surface area contributed by atoms with E-state index in [1.54, 1.807) is 19.2 Å². The number of hydrogen-bond donors (Lipinski definition) is 0. The molecule has 1 amide bonds. The average Bonchev–Trinajstić information content (AvgIpc) is 2.74. The molecular weight excluding hydrogens is 372 g/mol. The van der Waals surface area contributed by atoms with E-state index in [2.05, 4.69) is 0 Å². The Balaban J connectivity index is 1.84. The molecule has 0 spiro atoms. The lowest BCUT2D eigenvalue weighted by molar-refractivity contribution is 0.0993. The quantitative estimate of drug-likeness (QED) is 0.639. The molecule has 0 saturated carbocycles. The standard InChI is InChI=1S/C22H22N2O3S/c1-23(17-18-10-5-3-6-11-18)28(26,27)21-15-9-12-19(16-21)22(25)24(2)20-13-7-4-8-14-20/h3-16H,17H2,1-2H3. The van der Waals surface area contributed by atoms with E-state index in [0.717, 1.165) is 11.3 Å². The number of carbonyl (C=O) groups excluding carboxylic acids is 1. The molecule has 0 aliphatic heterocycles. The molecule has 3 aromatic rings. The van der Waals surface area contributed by atoms with Crippen LogP contribution in [0.25, 0.3) is 0 Å². The molecule has 0 aliphatic rings. The Bertz CT molecular complexity index is 1050. The summed E-state index contributed by atoms with van der Waals surface area (Å²) in [6.45, 7) is 0.255. The summed E-state index contributed by atoms with van der Waals surface area (Å²) in [5.41, 5.74) is 1.95. The Morgan fingerprint density at radius 3 is 2.07 bits per heavy atom. The van der Waals surface area contributed by atoms with E-state index in [1.807, 2.05) is 60.7 Å². The van der Waals surface area contributed by atoms with Gasteiger partial charge in [0.2, 0.25) is 10.0 Å². The average molecular weight is 394 g/mol. The molecule has 28 heavy (non-hydrogen) atoms. The van der Waals surface area contributed by atoms with Crippen LogP contribution in [0.4, 0.5) is 5.69 Å². The molecule has 0 aliphatic carbocycles. The summed E-state index contributed by atoms with van der Waals surface area (Å²) in [6, 6.07) is 24.7. The summed E-state index contributed by atoms with van der Waals surface area (Å²) in [7, 11) is -0.519. The van der Waals surface area contributed by atoms with Crippen LogP contribution < -0.4 is 4.90 Å². The first-order valence-electron chi connectivity index (χ1n) is 8.83. The molecule has 0 unspecified atom stereocenters. The van der Waals surface area contributed by atoms with E-state index < -0.39 is 10.0 Å². The van der Waals surface area contributed by atoms with E-state index in [9.17, 15) is 13.2 Å². The van der Waals surface area contributed by atoms with E-state index in [0.29, 0.717) is 5.56 Å². The SMILES string of the molecule is CN(C(=O)c1cccc(S(=O)(=O)N(C)Cc2ccccc2)c1)c1ccccc1. The van der Waals surface area contributed by atoms with Gasteiger partial charge in [-0.25, -0.2) is 8.42 Å². The van der Waals surface area contributed by atoms with Crippen LogP contribution in [0.5, 0.6) is 0 Å². The maximum absolute atomic E-state index is 13.0. The number of para-hydroxylation sites is 1. The van der Waals surface area contributed by atoms with Gasteiger partial charge in [-0.05, 0) is 35.9 Å². The molecule has 3 rings (SSSR count). The lowest BCUT2D eigenvalue weighted by Crippen LogP contribution is -2.28. The van der Waals surface area contributed by atoms with Crippen molar-refractivity contribution in [1.29, 1.82) is 0 Å². The second-order valence-corrected chi connectivity index (χ2v) is 8.52. The predicted molar refractivity (Wildman–Crippen MR) is 111 cm³/mol. The van der Waals surface area contributed by atoms with Crippen molar-refractivity contribution in [3.05, 3.63) is 96.1 Å². The Kier molecular flexibility index (Phi) is 5.92. The highest BCUT2D eigenvalue weighted by molar-refractivity contribution is 7.89. The maximum Gasteiger partial charge on any atom is 0.258 e. The first-order chi connectivity index (χ1) is 13.4. The van der Waals surface area contributed by atoms with Crippen molar-refractivity contribution in [3.8, 4) is 0 Å². The number of anilines is 1. The summed E-state index contributed by atoms with van der Waals surface area (Å²) < 4.78 is 27.2. The summed E-state index contributed by atoms with van der Waals surface area (Å²) in [6.07, 6.45) is 0. The topological polar surface area (TPSA) is 57.7 Å². The van der Waals surface area contributed by atoms with Gasteiger partial charge in [-0.3, -0.25) is 4.79 Å². The van der Waals surface area contributed by atoms with Crippen LogP contribution in [0.2, 0.25) is 0 Å². The maximum atomic E-state index is 13.0. The number of sulfonamides is 1. The third kappa shape index (κ3) is 4.30. The second-order valence-electron chi connectivity index (χ2n) is 6.47. The van der Waals surface area contributed by atoms with Crippen LogP contribution in [0, 0.1) is 0 Å². The van der Waals surface area contributed by atoms with Crippen LogP contribution in [-0.4, -0.2) is 32.7 Å². The van der Waals surface area contributed by atoms with Gasteiger partial charge < -0.3 is 4.90 Å². The highest BCUT2D eigenvalue weighted by Gasteiger charge is 2.23. The lowest BCUT2D eigenvalue weighted by Gasteiger charge is -2.19. The van der Waals surface area contributed by atoms with Crippen LogP contribution >= 0.6 is 0 Å². The number of carbonyl (C=O) groups is 1. The van der Waals surface area contributed by atoms with Crippen molar-refractivity contribution < 1.29 is 13.2 Å². The largest absolute Gasteiger partial charge is 0.311 e. The van der Waals surface area contributed by atoms with Crippen molar-refractivity contribution in [3.63, 3.8) is 0 Å². The fourth-order valence-corrected chi connectivity index (χ4v) is 4.06. The summed E-state index contributed by atoms with van der Waals surface area (Å²) in [5, 5.41) is 0. The Labute approximate surface area is 165 Å². The minimum absolute atomic E-state index is 0.0956. The molecule has 0 heterocycles. The first kappa shape index (κ1) is 19.8. The molecule has 0 fully saturated rings. The van der Waals surface area contributed by atoms with Gasteiger partial charge in [0.15, 0.2) is 0 Å². The van der Waals surface area contributed by atoms with Gasteiger partial charge in [-0.15, -0.1) is 0 Å². The van der Waals surface area contributed by atoms with E-state index in [1.165, 1.54) is 28.4 Å². The first-order valence-corrected chi connectivity index (χ1v) is 10.3. The Hall–Kier alpha value is -2.96. The Morgan fingerprint density at radius 1 is 0.821 bits per heavy atom. The van der Waals surface area contributed by atoms with Crippen LogP contribution in [0.15, 0.2) is 89.8 Å². The van der Waals surface area contributed by atoms with Crippen LogP contribution in [0.3, 0.4) is 0 Å². The molecule has 0 bridgehead atoms. The van der Waals surface area contributed by atoms with Gasteiger partial charge >= 0.3 is 0 Å². The lowest BCUT2D eigenvalue weighted by atomic mass is 10.2. The van der Waals surface area contributed by atoms with Crippen molar-refractivity contribution in [2.75, 3.05) is 19.0 Å².